The zero-order valence-corrected chi connectivity index (χ0v) is 29.9. The Balaban J connectivity index is 1.33. The number of halogens is 2. The third-order valence-electron chi connectivity index (χ3n) is 10.4. The summed E-state index contributed by atoms with van der Waals surface area (Å²) < 4.78 is 51.7. The maximum Gasteiger partial charge on any atom is 0.412 e. The third kappa shape index (κ3) is 5.71. The first-order valence-electron chi connectivity index (χ1n) is 17.2. The number of hydrogen-bond donors (Lipinski definition) is 2. The number of likely N-dealkylation sites (tertiary alicyclic amines) is 2. The molecule has 4 aliphatic heterocycles. The van der Waals surface area contributed by atoms with Gasteiger partial charge in [-0.3, -0.25) is 10.2 Å². The summed E-state index contributed by atoms with van der Waals surface area (Å²) in [5.74, 6) is -1.16. The van der Waals surface area contributed by atoms with Gasteiger partial charge in [-0.2, -0.15) is 15.2 Å². The number of likely N-dealkylation sites (N-methyl/N-ethyl adjacent to an activating group) is 1. The number of hydrogen-bond acceptors (Lipinski definition) is 11. The van der Waals surface area contributed by atoms with E-state index in [-0.39, 0.29) is 89.6 Å². The molecule has 0 saturated carbocycles. The Hall–Kier alpha value is -4.85. The molecule has 2 N–H and O–H groups in total. The molecule has 3 saturated heterocycles. The summed E-state index contributed by atoms with van der Waals surface area (Å²) in [6.45, 7) is 6.91. The number of carbonyl (C=O) groups is 2. The Kier molecular flexibility index (Phi) is 8.35. The topological polar surface area (TPSA) is 153 Å². The van der Waals surface area contributed by atoms with Gasteiger partial charge in [-0.15, -0.1) is 11.3 Å². The number of rotatable bonds is 6. The highest BCUT2D eigenvalue weighted by Crippen LogP contribution is 2.49. The van der Waals surface area contributed by atoms with E-state index in [1.165, 1.54) is 17.0 Å². The molecule has 52 heavy (non-hydrogen) atoms. The summed E-state index contributed by atoms with van der Waals surface area (Å²) >= 11 is 1.06. The molecule has 8 rings (SSSR count). The molecule has 2 bridgehead atoms. The third-order valence-corrected chi connectivity index (χ3v) is 11.4. The van der Waals surface area contributed by atoms with Crippen molar-refractivity contribution in [3.8, 4) is 23.2 Å². The first kappa shape index (κ1) is 34.2. The van der Waals surface area contributed by atoms with Crippen molar-refractivity contribution in [3.05, 3.63) is 40.5 Å². The Morgan fingerprint density at radius 3 is 2.46 bits per heavy atom. The van der Waals surface area contributed by atoms with Crippen LogP contribution in [-0.4, -0.2) is 94.1 Å². The largest absolute Gasteiger partial charge is 0.465 e. The first-order valence-corrected chi connectivity index (χ1v) is 18.0. The maximum absolute atomic E-state index is 17.5. The van der Waals surface area contributed by atoms with Crippen LogP contribution in [0.25, 0.3) is 32.1 Å². The van der Waals surface area contributed by atoms with E-state index in [4.69, 9.17) is 19.2 Å². The number of aromatic nitrogens is 2. The van der Waals surface area contributed by atoms with E-state index < -0.39 is 29.4 Å². The van der Waals surface area contributed by atoms with Crippen molar-refractivity contribution in [1.82, 2.24) is 19.8 Å². The number of piperazine rings is 1. The van der Waals surface area contributed by atoms with Crippen LogP contribution in [0.15, 0.2) is 12.1 Å². The van der Waals surface area contributed by atoms with E-state index in [1.54, 1.807) is 20.8 Å². The normalized spacial score (nSPS) is 21.3. The number of carbonyl (C=O) groups excluding carboxylic acids is 1. The minimum atomic E-state index is -0.992. The molecule has 272 valence electrons. The number of thiophene rings is 1. The minimum Gasteiger partial charge on any atom is -0.465 e. The molecule has 2 aromatic heterocycles. The lowest BCUT2D eigenvalue weighted by atomic mass is 9.90. The number of nitriles is 1. The van der Waals surface area contributed by atoms with Gasteiger partial charge >= 0.3 is 18.2 Å². The molecule has 2 aromatic carbocycles. The van der Waals surface area contributed by atoms with Crippen molar-refractivity contribution < 1.29 is 37.7 Å². The molecule has 2 amide bonds. The molecule has 4 aliphatic rings. The number of ether oxygens (including phenoxy) is 3. The van der Waals surface area contributed by atoms with Crippen molar-refractivity contribution in [2.24, 2.45) is 0 Å². The van der Waals surface area contributed by atoms with Crippen molar-refractivity contribution in [3.63, 3.8) is 0 Å². The highest BCUT2D eigenvalue weighted by Gasteiger charge is 2.44. The van der Waals surface area contributed by atoms with Gasteiger partial charge in [-0.1, -0.05) is 0 Å². The molecular formula is C36H37F2N7O6S. The van der Waals surface area contributed by atoms with Crippen LogP contribution in [0.4, 0.5) is 29.2 Å². The molecule has 4 aromatic rings. The summed E-state index contributed by atoms with van der Waals surface area (Å²) in [5, 5.41) is 23.5. The van der Waals surface area contributed by atoms with E-state index in [2.05, 4.69) is 26.2 Å². The van der Waals surface area contributed by atoms with Gasteiger partial charge < -0.3 is 29.1 Å². The summed E-state index contributed by atoms with van der Waals surface area (Å²) in [7, 11) is 1.99. The van der Waals surface area contributed by atoms with Crippen LogP contribution in [-0.2, 0) is 22.7 Å². The molecule has 3 fully saturated rings. The molecule has 16 heteroatoms. The molecule has 3 atom stereocenters. The predicted octanol–water partition coefficient (Wildman–Crippen LogP) is 6.45. The lowest BCUT2D eigenvalue weighted by Gasteiger charge is -2.41. The van der Waals surface area contributed by atoms with Gasteiger partial charge in [0.25, 0.3) is 0 Å². The average Bonchev–Trinajstić information content (AvgIpc) is 3.77. The zero-order valence-electron chi connectivity index (χ0n) is 29.1. The molecule has 2 unspecified atom stereocenters. The number of nitrogens with zero attached hydrogens (tertiary/aromatic N) is 6. The van der Waals surface area contributed by atoms with Crippen molar-refractivity contribution in [1.29, 1.82) is 5.26 Å². The minimum absolute atomic E-state index is 0.0302. The van der Waals surface area contributed by atoms with Crippen LogP contribution in [0.2, 0.25) is 0 Å². The number of carboxylic acid groups (broad SMARTS) is 1. The summed E-state index contributed by atoms with van der Waals surface area (Å²) in [5.41, 5.74) is -0.161. The van der Waals surface area contributed by atoms with E-state index >= 15 is 8.78 Å². The fraction of sp³-hybridized carbons (Fsp3) is 0.472. The number of benzene rings is 2. The van der Waals surface area contributed by atoms with Gasteiger partial charge in [-0.25, -0.2) is 18.4 Å². The summed E-state index contributed by atoms with van der Waals surface area (Å²) in [6.07, 6.45) is 0.603. The van der Waals surface area contributed by atoms with Crippen LogP contribution in [0.5, 0.6) is 6.01 Å². The Labute approximate surface area is 301 Å². The molecule has 6 heterocycles. The van der Waals surface area contributed by atoms with E-state index in [1.807, 2.05) is 7.05 Å². The second-order valence-electron chi connectivity index (χ2n) is 14.7. The summed E-state index contributed by atoms with van der Waals surface area (Å²) in [4.78, 5) is 39.8. The quantitative estimate of drug-likeness (QED) is 0.225. The molecule has 0 radical (unpaired) electrons. The van der Waals surface area contributed by atoms with Crippen LogP contribution in [0.1, 0.15) is 56.7 Å². The highest BCUT2D eigenvalue weighted by molar-refractivity contribution is 7.23. The monoisotopic (exact) mass is 733 g/mol. The number of nitrogens with one attached hydrogen (secondary N) is 1. The molecule has 13 nitrogen and oxygen atoms in total. The maximum atomic E-state index is 17.5. The fourth-order valence-electron chi connectivity index (χ4n) is 7.86. The standard InChI is InChI=1S/C36H37F2N7O6S/c1-36(2,3)51-34(46)42-32-20(11-39)25-24(52-32)8-7-23(37)28(25)26-21-15-49-16-22(21)27-30(29(26)38)40-33(50-14-19-9-10-43(19)4)41-31(27)45-17-5-6-18(45)13-44(12-17)35(47)48/h7-8,17-19H,5-6,9-10,12-16H2,1-4H3,(H,42,46)(H,47,48)/t17?,18?,19-/m0/s1. The predicted molar refractivity (Wildman–Crippen MR) is 189 cm³/mol. The average molecular weight is 734 g/mol. The first-order chi connectivity index (χ1) is 24.8. The van der Waals surface area contributed by atoms with Gasteiger partial charge in [0.2, 0.25) is 0 Å². The zero-order chi connectivity index (χ0) is 36.6. The lowest BCUT2D eigenvalue weighted by Crippen LogP contribution is -2.55. The van der Waals surface area contributed by atoms with Crippen LogP contribution < -0.4 is 15.0 Å². The van der Waals surface area contributed by atoms with Crippen molar-refractivity contribution >= 4 is 55.3 Å². The smallest absolute Gasteiger partial charge is 0.412 e. The molecule has 0 aliphatic carbocycles. The van der Waals surface area contributed by atoms with Crippen LogP contribution >= 0.6 is 11.3 Å². The van der Waals surface area contributed by atoms with Gasteiger partial charge in [0, 0.05) is 52.4 Å². The van der Waals surface area contributed by atoms with E-state index in [0.29, 0.717) is 27.0 Å². The summed E-state index contributed by atoms with van der Waals surface area (Å²) in [6, 6.07) is 4.50. The van der Waals surface area contributed by atoms with Crippen LogP contribution in [0.3, 0.4) is 0 Å². The Morgan fingerprint density at radius 1 is 1.10 bits per heavy atom. The number of amides is 2. The highest BCUT2D eigenvalue weighted by atomic mass is 32.1. The SMILES string of the molecule is CN1CC[C@H]1COc1nc(N2C3CCC2CN(C(=O)O)C3)c2c3c(c(-c4c(F)ccc5sc(NC(=O)OC(C)(C)C)c(C#N)c45)c(F)c2n1)COC3. The second kappa shape index (κ2) is 12.7. The van der Waals surface area contributed by atoms with Crippen molar-refractivity contribution in [2.45, 2.75) is 77.0 Å². The Morgan fingerprint density at radius 2 is 1.83 bits per heavy atom. The van der Waals surface area contributed by atoms with Crippen LogP contribution in [0, 0.1) is 23.0 Å². The number of anilines is 2. The van der Waals surface area contributed by atoms with E-state index in [0.717, 1.165) is 37.1 Å². The lowest BCUT2D eigenvalue weighted by molar-refractivity contribution is 0.0636. The van der Waals surface area contributed by atoms with E-state index in [9.17, 15) is 20.0 Å². The molecular weight excluding hydrogens is 697 g/mol. The van der Waals surface area contributed by atoms with Crippen molar-refractivity contribution in [2.75, 3.05) is 43.5 Å². The molecule has 0 spiro atoms. The Bertz CT molecular complexity index is 2190. The van der Waals surface area contributed by atoms with Gasteiger partial charge in [-0.05, 0) is 76.9 Å². The van der Waals surface area contributed by atoms with Gasteiger partial charge in [0.1, 0.15) is 40.4 Å². The fourth-order valence-corrected chi connectivity index (χ4v) is 8.91. The second-order valence-corrected chi connectivity index (χ2v) is 15.8. The van der Waals surface area contributed by atoms with Gasteiger partial charge in [0.15, 0.2) is 5.82 Å². The van der Waals surface area contributed by atoms with Gasteiger partial charge in [0.05, 0.1) is 24.2 Å². The number of fused-ring (bicyclic) bond motifs is 6.